The summed E-state index contributed by atoms with van der Waals surface area (Å²) in [6, 6.07) is 12.3. The molecule has 3 nitrogen and oxygen atoms in total. The van der Waals surface area contributed by atoms with Crippen LogP contribution in [0.3, 0.4) is 0 Å². The van der Waals surface area contributed by atoms with E-state index in [0.717, 1.165) is 12.2 Å². The van der Waals surface area contributed by atoms with E-state index in [0.29, 0.717) is 5.75 Å². The van der Waals surface area contributed by atoms with Gasteiger partial charge in [-0.1, -0.05) is 18.2 Å². The highest BCUT2D eigenvalue weighted by molar-refractivity contribution is 8.00. The smallest absolute Gasteiger partial charge is 0.233 e. The van der Waals surface area contributed by atoms with Crippen molar-refractivity contribution in [1.82, 2.24) is 9.47 Å². The number of para-hydroxylation sites is 1. The molecule has 1 aliphatic heterocycles. The van der Waals surface area contributed by atoms with Crippen LogP contribution < -0.4 is 0 Å². The fourth-order valence-electron chi connectivity index (χ4n) is 2.39. The molecule has 3 rings (SSSR count). The van der Waals surface area contributed by atoms with Crippen molar-refractivity contribution in [2.75, 3.05) is 12.3 Å². The molecule has 1 atom stereocenters. The van der Waals surface area contributed by atoms with Gasteiger partial charge in [0.25, 0.3) is 0 Å². The van der Waals surface area contributed by atoms with Crippen LogP contribution in [0, 0.1) is 0 Å². The van der Waals surface area contributed by atoms with Crippen LogP contribution in [0.15, 0.2) is 48.8 Å². The van der Waals surface area contributed by atoms with Gasteiger partial charge in [0.2, 0.25) is 5.91 Å². The molecule has 1 fully saturated rings. The van der Waals surface area contributed by atoms with Crippen LogP contribution in [0.25, 0.3) is 5.69 Å². The third-order valence-corrected chi connectivity index (χ3v) is 4.62. The Morgan fingerprint density at radius 2 is 2.05 bits per heavy atom. The van der Waals surface area contributed by atoms with Gasteiger partial charge in [0.15, 0.2) is 0 Å². The predicted molar refractivity (Wildman–Crippen MR) is 78.4 cm³/mol. The fraction of sp³-hybridized carbons (Fsp3) is 0.267. The zero-order chi connectivity index (χ0) is 13.2. The first-order chi connectivity index (χ1) is 9.29. The van der Waals surface area contributed by atoms with Crippen molar-refractivity contribution >= 4 is 17.7 Å². The Hall–Kier alpha value is -1.68. The van der Waals surface area contributed by atoms with Crippen LogP contribution in [-0.4, -0.2) is 27.7 Å². The standard InChI is InChI=1S/C15H16N2OS/c1-2-17-14(18)11-19-15(17)12-8-9-16(10-12)13-6-4-3-5-7-13/h3-10,15H,2,11H2,1H3. The Balaban J connectivity index is 1.88. The van der Waals surface area contributed by atoms with Gasteiger partial charge in [-0.25, -0.2) is 0 Å². The van der Waals surface area contributed by atoms with E-state index in [1.165, 1.54) is 5.56 Å². The van der Waals surface area contributed by atoms with Crippen molar-refractivity contribution in [1.29, 1.82) is 0 Å². The number of carbonyl (C=O) groups is 1. The molecule has 19 heavy (non-hydrogen) atoms. The lowest BCUT2D eigenvalue weighted by Gasteiger charge is -2.21. The first-order valence-electron chi connectivity index (χ1n) is 6.44. The SMILES string of the molecule is CCN1C(=O)CSC1c1ccn(-c2ccccc2)c1. The lowest BCUT2D eigenvalue weighted by atomic mass is 10.3. The third-order valence-electron chi connectivity index (χ3n) is 3.36. The molecule has 2 heterocycles. The molecular formula is C15H16N2OS. The van der Waals surface area contributed by atoms with Crippen molar-refractivity contribution in [3.8, 4) is 5.69 Å². The minimum atomic E-state index is 0.169. The highest BCUT2D eigenvalue weighted by Crippen LogP contribution is 2.38. The summed E-state index contributed by atoms with van der Waals surface area (Å²) >= 11 is 1.71. The quantitative estimate of drug-likeness (QED) is 0.858. The summed E-state index contributed by atoms with van der Waals surface area (Å²) in [5, 5.41) is 0.169. The number of benzene rings is 1. The van der Waals surface area contributed by atoms with E-state index in [-0.39, 0.29) is 11.3 Å². The third kappa shape index (κ3) is 2.28. The largest absolute Gasteiger partial charge is 0.326 e. The number of nitrogens with zero attached hydrogens (tertiary/aromatic N) is 2. The number of aromatic nitrogens is 1. The van der Waals surface area contributed by atoms with Crippen molar-refractivity contribution in [2.24, 2.45) is 0 Å². The average molecular weight is 272 g/mol. The molecule has 2 aromatic rings. The summed E-state index contributed by atoms with van der Waals surface area (Å²) in [4.78, 5) is 13.7. The van der Waals surface area contributed by atoms with Crippen LogP contribution in [0.5, 0.6) is 0 Å². The molecule has 0 saturated carbocycles. The van der Waals surface area contributed by atoms with Gasteiger partial charge in [-0.05, 0) is 25.1 Å². The summed E-state index contributed by atoms with van der Waals surface area (Å²) in [5.41, 5.74) is 2.34. The molecule has 1 unspecified atom stereocenters. The Labute approximate surface area is 117 Å². The van der Waals surface area contributed by atoms with E-state index in [4.69, 9.17) is 0 Å². The van der Waals surface area contributed by atoms with Gasteiger partial charge in [0, 0.05) is 30.2 Å². The van der Waals surface area contributed by atoms with Gasteiger partial charge >= 0.3 is 0 Å². The van der Waals surface area contributed by atoms with Crippen LogP contribution in [0.2, 0.25) is 0 Å². The van der Waals surface area contributed by atoms with Crippen molar-refractivity contribution in [3.63, 3.8) is 0 Å². The summed E-state index contributed by atoms with van der Waals surface area (Å²) < 4.78 is 2.10. The zero-order valence-corrected chi connectivity index (χ0v) is 11.6. The molecule has 1 saturated heterocycles. The lowest BCUT2D eigenvalue weighted by Crippen LogP contribution is -2.27. The molecule has 98 valence electrons. The zero-order valence-electron chi connectivity index (χ0n) is 10.8. The summed E-state index contributed by atoms with van der Waals surface area (Å²) in [5.74, 6) is 0.833. The van der Waals surface area contributed by atoms with Crippen LogP contribution >= 0.6 is 11.8 Å². The molecule has 0 bridgehead atoms. The molecule has 0 aliphatic carbocycles. The fourth-order valence-corrected chi connectivity index (χ4v) is 3.64. The van der Waals surface area contributed by atoms with E-state index in [1.807, 2.05) is 30.0 Å². The molecule has 0 radical (unpaired) electrons. The molecule has 4 heteroatoms. The number of hydrogen-bond acceptors (Lipinski definition) is 2. The van der Waals surface area contributed by atoms with E-state index < -0.39 is 0 Å². The monoisotopic (exact) mass is 272 g/mol. The van der Waals surface area contributed by atoms with Gasteiger partial charge in [-0.3, -0.25) is 4.79 Å². The first-order valence-corrected chi connectivity index (χ1v) is 7.49. The van der Waals surface area contributed by atoms with Gasteiger partial charge in [0.1, 0.15) is 5.37 Å². The topological polar surface area (TPSA) is 25.2 Å². The number of rotatable bonds is 3. The van der Waals surface area contributed by atoms with Gasteiger partial charge in [-0.15, -0.1) is 11.8 Å². The van der Waals surface area contributed by atoms with E-state index >= 15 is 0 Å². The second-order valence-electron chi connectivity index (χ2n) is 4.53. The van der Waals surface area contributed by atoms with Gasteiger partial charge < -0.3 is 9.47 Å². The maximum Gasteiger partial charge on any atom is 0.233 e. The van der Waals surface area contributed by atoms with Crippen molar-refractivity contribution in [3.05, 3.63) is 54.4 Å². The predicted octanol–water partition coefficient (Wildman–Crippen LogP) is 3.07. The van der Waals surface area contributed by atoms with E-state index in [1.54, 1.807) is 11.8 Å². The second-order valence-corrected chi connectivity index (χ2v) is 5.60. The second kappa shape index (κ2) is 5.13. The summed E-state index contributed by atoms with van der Waals surface area (Å²) in [6.45, 7) is 2.80. The van der Waals surface area contributed by atoms with E-state index in [9.17, 15) is 4.79 Å². The Morgan fingerprint density at radius 1 is 1.26 bits per heavy atom. The number of thioether (sulfide) groups is 1. The average Bonchev–Trinajstić information content (AvgIpc) is 3.06. The minimum absolute atomic E-state index is 0.169. The van der Waals surface area contributed by atoms with Crippen LogP contribution in [0.4, 0.5) is 0 Å². The maximum atomic E-state index is 11.8. The summed E-state index contributed by atoms with van der Waals surface area (Å²) in [6.07, 6.45) is 4.18. The highest BCUT2D eigenvalue weighted by atomic mass is 32.2. The minimum Gasteiger partial charge on any atom is -0.326 e. The summed E-state index contributed by atoms with van der Waals surface area (Å²) in [7, 11) is 0. The van der Waals surface area contributed by atoms with Gasteiger partial charge in [0.05, 0.1) is 5.75 Å². The van der Waals surface area contributed by atoms with Crippen LogP contribution in [0.1, 0.15) is 17.9 Å². The van der Waals surface area contributed by atoms with Crippen molar-refractivity contribution in [2.45, 2.75) is 12.3 Å². The molecule has 0 spiro atoms. The first kappa shape index (κ1) is 12.4. The number of amides is 1. The van der Waals surface area contributed by atoms with Crippen LogP contribution in [-0.2, 0) is 4.79 Å². The Bertz CT molecular complexity index is 579. The molecule has 1 aliphatic rings. The lowest BCUT2D eigenvalue weighted by molar-refractivity contribution is -0.127. The number of hydrogen-bond donors (Lipinski definition) is 0. The molecular weight excluding hydrogens is 256 g/mol. The Morgan fingerprint density at radius 3 is 2.79 bits per heavy atom. The normalized spacial score (nSPS) is 19.1. The molecule has 0 N–H and O–H groups in total. The molecule has 1 amide bonds. The highest BCUT2D eigenvalue weighted by Gasteiger charge is 2.31. The molecule has 1 aromatic carbocycles. The van der Waals surface area contributed by atoms with E-state index in [2.05, 4.69) is 35.2 Å². The van der Waals surface area contributed by atoms with Gasteiger partial charge in [-0.2, -0.15) is 0 Å². The molecule has 1 aromatic heterocycles. The Kier molecular flexibility index (Phi) is 3.34. The number of carbonyl (C=O) groups excluding carboxylic acids is 1. The van der Waals surface area contributed by atoms with Crippen molar-refractivity contribution < 1.29 is 4.79 Å². The maximum absolute atomic E-state index is 11.8.